The van der Waals surface area contributed by atoms with Crippen molar-refractivity contribution in [1.82, 2.24) is 9.03 Å². The second-order valence-corrected chi connectivity index (χ2v) is 7.67. The van der Waals surface area contributed by atoms with Crippen molar-refractivity contribution in [3.05, 3.63) is 0 Å². The average Bonchev–Trinajstić information content (AvgIpc) is 2.23. The maximum atomic E-state index is 12.4. The molecule has 0 aromatic carbocycles. The number of hydrogen-bond acceptors (Lipinski definition) is 3. The Kier molecular flexibility index (Phi) is 5.58. The van der Waals surface area contributed by atoms with Gasteiger partial charge >= 0.3 is 0 Å². The second-order valence-electron chi connectivity index (χ2n) is 6.05. The maximum absolute atomic E-state index is 12.4. The summed E-state index contributed by atoms with van der Waals surface area (Å²) < 4.78 is 29.1. The topological polar surface area (TPSA) is 75.4 Å². The smallest absolute Gasteiger partial charge is 0.280 e. The highest BCUT2D eigenvalue weighted by Gasteiger charge is 2.32. The molecule has 6 heteroatoms. The van der Waals surface area contributed by atoms with Gasteiger partial charge in [0.15, 0.2) is 0 Å². The largest absolute Gasteiger partial charge is 0.329 e. The molecule has 0 saturated heterocycles. The molecule has 0 aliphatic heterocycles. The molecule has 0 bridgehead atoms. The number of hydrogen-bond donors (Lipinski definition) is 2. The van der Waals surface area contributed by atoms with Gasteiger partial charge in [-0.05, 0) is 33.6 Å². The Morgan fingerprint density at radius 1 is 1.22 bits per heavy atom. The van der Waals surface area contributed by atoms with Crippen molar-refractivity contribution in [3.8, 4) is 0 Å². The van der Waals surface area contributed by atoms with E-state index in [1.807, 2.05) is 20.8 Å². The minimum absolute atomic E-state index is 0.113. The highest BCUT2D eigenvalue weighted by atomic mass is 32.2. The Morgan fingerprint density at radius 3 is 2.22 bits per heavy atom. The van der Waals surface area contributed by atoms with E-state index in [1.54, 1.807) is 4.31 Å². The fourth-order valence-corrected chi connectivity index (χ4v) is 4.28. The van der Waals surface area contributed by atoms with E-state index >= 15 is 0 Å². The summed E-state index contributed by atoms with van der Waals surface area (Å²) in [5, 5.41) is 0. The van der Waals surface area contributed by atoms with Gasteiger partial charge in [-0.1, -0.05) is 19.3 Å². The highest BCUT2D eigenvalue weighted by Crippen LogP contribution is 2.24. The molecule has 3 N–H and O–H groups in total. The quantitative estimate of drug-likeness (QED) is 0.793. The lowest BCUT2D eigenvalue weighted by atomic mass is 9.95. The SMILES string of the molecule is CC(C)(C)NS(=O)(=O)N(CCN)C1CCCCC1. The molecule has 1 aliphatic rings. The molecule has 0 heterocycles. The molecule has 1 fully saturated rings. The van der Waals surface area contributed by atoms with Crippen LogP contribution in [0.3, 0.4) is 0 Å². The average molecular weight is 277 g/mol. The molecule has 0 aromatic rings. The first kappa shape index (κ1) is 15.9. The molecule has 0 atom stereocenters. The van der Waals surface area contributed by atoms with Crippen LogP contribution in [0.15, 0.2) is 0 Å². The number of rotatable bonds is 5. The fraction of sp³-hybridized carbons (Fsp3) is 1.00. The first-order valence-electron chi connectivity index (χ1n) is 6.77. The van der Waals surface area contributed by atoms with Crippen molar-refractivity contribution >= 4 is 10.2 Å². The van der Waals surface area contributed by atoms with Gasteiger partial charge in [-0.3, -0.25) is 0 Å². The third kappa shape index (κ3) is 4.84. The van der Waals surface area contributed by atoms with Crippen LogP contribution in [0.1, 0.15) is 52.9 Å². The summed E-state index contributed by atoms with van der Waals surface area (Å²) in [5.74, 6) is 0. The summed E-state index contributed by atoms with van der Waals surface area (Å²) in [6.07, 6.45) is 5.32. The van der Waals surface area contributed by atoms with Crippen LogP contribution >= 0.6 is 0 Å². The third-order valence-electron chi connectivity index (χ3n) is 3.08. The Morgan fingerprint density at radius 2 is 1.78 bits per heavy atom. The molecule has 0 amide bonds. The summed E-state index contributed by atoms with van der Waals surface area (Å²) in [5.41, 5.74) is 5.10. The van der Waals surface area contributed by atoms with Gasteiger partial charge < -0.3 is 5.73 Å². The highest BCUT2D eigenvalue weighted by molar-refractivity contribution is 7.87. The van der Waals surface area contributed by atoms with Crippen LogP contribution in [0.4, 0.5) is 0 Å². The standard InChI is InChI=1S/C12H27N3O2S/c1-12(2,3)14-18(16,17)15(10-9-13)11-7-5-4-6-8-11/h11,14H,4-10,13H2,1-3H3. The van der Waals surface area contributed by atoms with Crippen molar-refractivity contribution in [2.24, 2.45) is 5.73 Å². The van der Waals surface area contributed by atoms with Crippen LogP contribution in [0, 0.1) is 0 Å². The van der Waals surface area contributed by atoms with Crippen molar-refractivity contribution < 1.29 is 8.42 Å². The molecule has 0 aromatic heterocycles. The van der Waals surface area contributed by atoms with Crippen molar-refractivity contribution in [1.29, 1.82) is 0 Å². The predicted octanol–water partition coefficient (Wildman–Crippen LogP) is 1.21. The Labute approximate surface area is 111 Å². The Bertz CT molecular complexity index is 343. The first-order valence-corrected chi connectivity index (χ1v) is 8.21. The van der Waals surface area contributed by atoms with E-state index in [9.17, 15) is 8.42 Å². The van der Waals surface area contributed by atoms with Gasteiger partial charge in [0.05, 0.1) is 0 Å². The fourth-order valence-electron chi connectivity index (χ4n) is 2.44. The monoisotopic (exact) mass is 277 g/mol. The number of nitrogens with zero attached hydrogens (tertiary/aromatic N) is 1. The lowest BCUT2D eigenvalue weighted by Crippen LogP contribution is -2.53. The zero-order valence-electron chi connectivity index (χ0n) is 11.8. The van der Waals surface area contributed by atoms with Gasteiger partial charge in [0.2, 0.25) is 0 Å². The molecule has 5 nitrogen and oxygen atoms in total. The van der Waals surface area contributed by atoms with Gasteiger partial charge in [0.1, 0.15) is 0 Å². The minimum atomic E-state index is -3.44. The second kappa shape index (κ2) is 6.32. The third-order valence-corrected chi connectivity index (χ3v) is 5.04. The van der Waals surface area contributed by atoms with Crippen molar-refractivity contribution in [2.75, 3.05) is 13.1 Å². The predicted molar refractivity (Wildman–Crippen MR) is 74.4 cm³/mol. The van der Waals surface area contributed by atoms with Crippen LogP contribution < -0.4 is 10.5 Å². The van der Waals surface area contributed by atoms with Crippen LogP contribution in [0.25, 0.3) is 0 Å². The lowest BCUT2D eigenvalue weighted by Gasteiger charge is -2.35. The van der Waals surface area contributed by atoms with E-state index in [-0.39, 0.29) is 6.04 Å². The van der Waals surface area contributed by atoms with E-state index in [2.05, 4.69) is 4.72 Å². The zero-order valence-corrected chi connectivity index (χ0v) is 12.6. The minimum Gasteiger partial charge on any atom is -0.329 e. The summed E-state index contributed by atoms with van der Waals surface area (Å²) in [7, 11) is -3.44. The molecular weight excluding hydrogens is 250 g/mol. The normalized spacial score (nSPS) is 19.4. The van der Waals surface area contributed by atoms with Gasteiger partial charge in [-0.2, -0.15) is 17.4 Å². The lowest BCUT2D eigenvalue weighted by molar-refractivity contribution is 0.251. The van der Waals surface area contributed by atoms with E-state index < -0.39 is 15.7 Å². The Balaban J connectivity index is 2.82. The van der Waals surface area contributed by atoms with E-state index in [1.165, 1.54) is 6.42 Å². The summed E-state index contributed by atoms with van der Waals surface area (Å²) in [6.45, 7) is 6.32. The van der Waals surface area contributed by atoms with Crippen LogP contribution in [0.2, 0.25) is 0 Å². The maximum Gasteiger partial charge on any atom is 0.280 e. The number of nitrogens with two attached hydrogens (primary N) is 1. The molecule has 0 spiro atoms. The molecule has 0 unspecified atom stereocenters. The summed E-state index contributed by atoms with van der Waals surface area (Å²) >= 11 is 0. The summed E-state index contributed by atoms with van der Waals surface area (Å²) in [4.78, 5) is 0. The van der Waals surface area contributed by atoms with Crippen LogP contribution in [0.5, 0.6) is 0 Å². The van der Waals surface area contributed by atoms with Crippen molar-refractivity contribution in [2.45, 2.75) is 64.5 Å². The van der Waals surface area contributed by atoms with E-state index in [4.69, 9.17) is 5.73 Å². The molecule has 18 heavy (non-hydrogen) atoms. The van der Waals surface area contributed by atoms with E-state index in [0.717, 1.165) is 25.7 Å². The van der Waals surface area contributed by atoms with Gasteiger partial charge in [-0.25, -0.2) is 0 Å². The molecular formula is C12H27N3O2S. The molecule has 108 valence electrons. The molecule has 0 radical (unpaired) electrons. The van der Waals surface area contributed by atoms with E-state index in [0.29, 0.717) is 13.1 Å². The summed E-state index contributed by atoms with van der Waals surface area (Å²) in [6, 6.07) is 0.113. The van der Waals surface area contributed by atoms with Crippen molar-refractivity contribution in [3.63, 3.8) is 0 Å². The van der Waals surface area contributed by atoms with Crippen LogP contribution in [-0.2, 0) is 10.2 Å². The first-order chi connectivity index (χ1) is 8.26. The molecule has 1 aliphatic carbocycles. The molecule has 1 saturated carbocycles. The van der Waals surface area contributed by atoms with Gasteiger partial charge in [0, 0.05) is 24.7 Å². The van der Waals surface area contributed by atoms with Crippen LogP contribution in [-0.4, -0.2) is 37.4 Å². The number of nitrogens with one attached hydrogen (secondary N) is 1. The van der Waals surface area contributed by atoms with Gasteiger partial charge in [0.25, 0.3) is 10.2 Å². The zero-order chi connectivity index (χ0) is 13.8. The Hall–Kier alpha value is -0.170. The van der Waals surface area contributed by atoms with Gasteiger partial charge in [-0.15, -0.1) is 0 Å². The molecule has 1 rings (SSSR count).